The van der Waals surface area contributed by atoms with Crippen LogP contribution < -0.4 is 0 Å². The lowest BCUT2D eigenvalue weighted by atomic mass is 10.7. The predicted octanol–water partition coefficient (Wildman–Crippen LogP) is 0.0740. The Morgan fingerprint density at radius 1 is 1.38 bits per heavy atom. The molecule has 0 rings (SSSR count). The molecule has 0 saturated heterocycles. The van der Waals surface area contributed by atoms with Crippen LogP contribution in [-0.2, 0) is 0 Å². The van der Waals surface area contributed by atoms with Gasteiger partial charge < -0.3 is 4.90 Å². The average Bonchev–Trinajstić information content (AvgIpc) is 1.83. The molecule has 0 atom stereocenters. The lowest BCUT2D eigenvalue weighted by Gasteiger charge is -2.13. The summed E-state index contributed by atoms with van der Waals surface area (Å²) in [7, 11) is 6.73. The van der Waals surface area contributed by atoms with E-state index in [9.17, 15) is 0 Å². The fourth-order valence-corrected chi connectivity index (χ4v) is 1.03. The summed E-state index contributed by atoms with van der Waals surface area (Å²) in [6, 6.07) is 0. The third-order valence-corrected chi connectivity index (χ3v) is 1.58. The summed E-state index contributed by atoms with van der Waals surface area (Å²) >= 11 is 0. The first kappa shape index (κ1) is 7.97. The number of rotatable bonds is 3. The van der Waals surface area contributed by atoms with Gasteiger partial charge in [0.1, 0.15) is 0 Å². The van der Waals surface area contributed by atoms with Crippen molar-refractivity contribution >= 4 is 20.5 Å². The zero-order valence-electron chi connectivity index (χ0n) is 5.02. The van der Waals surface area contributed by atoms with Crippen molar-refractivity contribution in [2.24, 2.45) is 0 Å². The number of hydrogen-bond donors (Lipinski definition) is 0. The largest absolute Gasteiger partial charge is 0.385 e. The third kappa shape index (κ3) is 3.04. The fourth-order valence-electron chi connectivity index (χ4n) is 0.372. The Kier molecular flexibility index (Phi) is 5.10. The molecule has 0 bridgehead atoms. The van der Waals surface area contributed by atoms with Gasteiger partial charge in [0.15, 0.2) is 0 Å². The summed E-state index contributed by atoms with van der Waals surface area (Å²) in [5.41, 5.74) is 0. The highest BCUT2D eigenvalue weighted by molar-refractivity contribution is 6.11. The minimum absolute atomic E-state index is 0.869. The van der Waals surface area contributed by atoms with Crippen molar-refractivity contribution in [3.63, 3.8) is 0 Å². The Hall–Kier alpha value is -0.0262. The Balaban J connectivity index is 3.36. The molecule has 0 N–H and O–H groups in total. The standard InChI is InChI=1S/C5H9NSi2/c1-2-3-6(4-7)5-8/h2-3H,4-5H2,1H3/b3-2+. The second-order valence-electron chi connectivity index (χ2n) is 1.39. The van der Waals surface area contributed by atoms with E-state index in [0.29, 0.717) is 0 Å². The van der Waals surface area contributed by atoms with E-state index in [2.05, 4.69) is 25.4 Å². The maximum Gasteiger partial charge on any atom is 0.0512 e. The number of allylic oxidation sites excluding steroid dienone is 1. The van der Waals surface area contributed by atoms with Gasteiger partial charge in [-0.05, 0) is 13.1 Å². The van der Waals surface area contributed by atoms with Gasteiger partial charge >= 0.3 is 0 Å². The van der Waals surface area contributed by atoms with Crippen molar-refractivity contribution < 1.29 is 0 Å². The molecule has 0 aromatic heterocycles. The molecule has 0 amide bonds. The molecular weight excluding hydrogens is 130 g/mol. The first-order chi connectivity index (χ1) is 3.85. The topological polar surface area (TPSA) is 3.24 Å². The second kappa shape index (κ2) is 5.12. The number of nitrogens with zero attached hydrogens (tertiary/aromatic N) is 1. The molecule has 0 heterocycles. The average molecular weight is 139 g/mol. The van der Waals surface area contributed by atoms with Crippen LogP contribution in [0.5, 0.6) is 0 Å². The first-order valence-electron chi connectivity index (χ1n) is 2.51. The maximum atomic E-state index is 3.36. The lowest BCUT2D eigenvalue weighted by molar-refractivity contribution is 0.509. The summed E-state index contributed by atoms with van der Waals surface area (Å²) in [5, 5.41) is 0. The van der Waals surface area contributed by atoms with Crippen LogP contribution in [0.15, 0.2) is 12.3 Å². The van der Waals surface area contributed by atoms with Crippen LogP contribution in [0.1, 0.15) is 6.92 Å². The highest BCUT2D eigenvalue weighted by Gasteiger charge is 1.85. The van der Waals surface area contributed by atoms with Crippen molar-refractivity contribution in [2.45, 2.75) is 6.92 Å². The van der Waals surface area contributed by atoms with Crippen molar-refractivity contribution in [1.82, 2.24) is 4.90 Å². The molecule has 0 fully saturated rings. The molecule has 0 aliphatic heterocycles. The normalized spacial score (nSPS) is 10.4. The third-order valence-electron chi connectivity index (χ3n) is 0.766. The molecule has 6 radical (unpaired) electrons. The molecular formula is C5H9NSi2. The van der Waals surface area contributed by atoms with E-state index in [-0.39, 0.29) is 0 Å². The molecule has 8 heavy (non-hydrogen) atoms. The molecule has 1 nitrogen and oxygen atoms in total. The summed E-state index contributed by atoms with van der Waals surface area (Å²) in [5.74, 6) is 0. The van der Waals surface area contributed by atoms with Gasteiger partial charge in [0.2, 0.25) is 0 Å². The molecule has 42 valence electrons. The maximum absolute atomic E-state index is 3.36. The Morgan fingerprint density at radius 2 is 1.88 bits per heavy atom. The van der Waals surface area contributed by atoms with Gasteiger partial charge in [-0.2, -0.15) is 0 Å². The van der Waals surface area contributed by atoms with Crippen molar-refractivity contribution in [3.05, 3.63) is 12.3 Å². The van der Waals surface area contributed by atoms with Gasteiger partial charge in [-0.15, -0.1) is 0 Å². The lowest BCUT2D eigenvalue weighted by Crippen LogP contribution is -2.19. The van der Waals surface area contributed by atoms with E-state index >= 15 is 0 Å². The van der Waals surface area contributed by atoms with Gasteiger partial charge in [0.05, 0.1) is 20.5 Å². The molecule has 0 saturated carbocycles. The number of hydrogen-bond acceptors (Lipinski definition) is 1. The smallest absolute Gasteiger partial charge is 0.0512 e. The van der Waals surface area contributed by atoms with Crippen LogP contribution in [0, 0.1) is 0 Å². The molecule has 0 spiro atoms. The molecule has 0 aliphatic rings. The highest BCUT2D eigenvalue weighted by atomic mass is 28.1. The quantitative estimate of drug-likeness (QED) is 0.500. The molecule has 0 aromatic carbocycles. The molecule has 0 aromatic rings. The molecule has 0 unspecified atom stereocenters. The van der Waals surface area contributed by atoms with E-state index < -0.39 is 0 Å². The zero-order chi connectivity index (χ0) is 6.41. The van der Waals surface area contributed by atoms with Crippen molar-refractivity contribution in [2.75, 3.05) is 12.3 Å². The van der Waals surface area contributed by atoms with Gasteiger partial charge in [-0.1, -0.05) is 6.08 Å². The minimum atomic E-state index is 0.869. The van der Waals surface area contributed by atoms with E-state index in [4.69, 9.17) is 0 Å². The minimum Gasteiger partial charge on any atom is -0.385 e. The summed E-state index contributed by atoms with van der Waals surface area (Å²) < 4.78 is 0. The Morgan fingerprint density at radius 3 is 2.00 bits per heavy atom. The molecule has 0 aliphatic carbocycles. The van der Waals surface area contributed by atoms with E-state index in [0.717, 1.165) is 12.3 Å². The summed E-state index contributed by atoms with van der Waals surface area (Å²) in [4.78, 5) is 2.08. The van der Waals surface area contributed by atoms with Gasteiger partial charge in [-0.3, -0.25) is 0 Å². The highest BCUT2D eigenvalue weighted by Crippen LogP contribution is 1.81. The summed E-state index contributed by atoms with van der Waals surface area (Å²) in [6.07, 6.45) is 5.75. The second-order valence-corrected chi connectivity index (χ2v) is 2.02. The van der Waals surface area contributed by atoms with E-state index in [1.807, 2.05) is 19.2 Å². The van der Waals surface area contributed by atoms with E-state index in [1.165, 1.54) is 0 Å². The van der Waals surface area contributed by atoms with Crippen LogP contribution in [-0.4, -0.2) is 37.7 Å². The SMILES string of the molecule is C/C=C/N(C[Si])C[Si]. The molecule has 3 heteroatoms. The monoisotopic (exact) mass is 139 g/mol. The zero-order valence-corrected chi connectivity index (χ0v) is 7.02. The van der Waals surface area contributed by atoms with Gasteiger partial charge in [0, 0.05) is 12.3 Å². The van der Waals surface area contributed by atoms with Crippen LogP contribution >= 0.6 is 0 Å². The van der Waals surface area contributed by atoms with Crippen LogP contribution in [0.3, 0.4) is 0 Å². The van der Waals surface area contributed by atoms with Crippen LogP contribution in [0.25, 0.3) is 0 Å². The van der Waals surface area contributed by atoms with Crippen LogP contribution in [0.2, 0.25) is 0 Å². The van der Waals surface area contributed by atoms with Gasteiger partial charge in [-0.25, -0.2) is 0 Å². The van der Waals surface area contributed by atoms with Crippen molar-refractivity contribution in [1.29, 1.82) is 0 Å². The van der Waals surface area contributed by atoms with Gasteiger partial charge in [0.25, 0.3) is 0 Å². The Bertz CT molecular complexity index is 68.8. The first-order valence-corrected chi connectivity index (χ1v) is 3.92. The summed E-state index contributed by atoms with van der Waals surface area (Å²) in [6.45, 7) is 2.00. The predicted molar refractivity (Wildman–Crippen MR) is 37.9 cm³/mol. The van der Waals surface area contributed by atoms with Crippen molar-refractivity contribution in [3.8, 4) is 0 Å². The van der Waals surface area contributed by atoms with E-state index in [1.54, 1.807) is 0 Å². The van der Waals surface area contributed by atoms with Crippen LogP contribution in [0.4, 0.5) is 0 Å². The fraction of sp³-hybridized carbons (Fsp3) is 0.600. The Labute approximate surface area is 57.6 Å².